The minimum atomic E-state index is 0.0692. The van der Waals surface area contributed by atoms with E-state index in [9.17, 15) is 4.79 Å². The predicted octanol–water partition coefficient (Wildman–Crippen LogP) is 3.09. The number of fused-ring (bicyclic) bond motifs is 1. The van der Waals surface area contributed by atoms with Crippen LogP contribution in [0, 0.1) is 8.80 Å². The Hall–Kier alpha value is -0.140. The fraction of sp³-hybridized carbons (Fsp3) is 0.643. The van der Waals surface area contributed by atoms with Crippen molar-refractivity contribution < 1.29 is 4.79 Å². The molecule has 19 heavy (non-hydrogen) atoms. The van der Waals surface area contributed by atoms with Gasteiger partial charge in [-0.15, -0.1) is 11.3 Å². The molecule has 1 unspecified atom stereocenters. The summed E-state index contributed by atoms with van der Waals surface area (Å²) in [6, 6.07) is 2.78. The van der Waals surface area contributed by atoms with Crippen LogP contribution in [0.3, 0.4) is 0 Å². The molecule has 0 spiro atoms. The third kappa shape index (κ3) is 4.16. The second-order valence-corrected chi connectivity index (χ2v) is 8.30. The molecular formula is C14H21IN2OS. The molecule has 1 aromatic heterocycles. The second-order valence-electron chi connectivity index (χ2n) is 5.27. The monoisotopic (exact) mass is 392 g/mol. The van der Waals surface area contributed by atoms with Gasteiger partial charge in [-0.25, -0.2) is 0 Å². The molecule has 0 saturated heterocycles. The molecule has 0 fully saturated rings. The fourth-order valence-electron chi connectivity index (χ4n) is 2.37. The summed E-state index contributed by atoms with van der Waals surface area (Å²) in [5.74, 6) is 0.205. The molecule has 0 bridgehead atoms. The van der Waals surface area contributed by atoms with E-state index in [4.69, 9.17) is 0 Å². The Morgan fingerprint density at radius 3 is 3.05 bits per heavy atom. The summed E-state index contributed by atoms with van der Waals surface area (Å²) < 4.78 is 1.38. The smallest absolute Gasteiger partial charge is 0.222 e. The molecule has 0 saturated carbocycles. The van der Waals surface area contributed by atoms with Crippen LogP contribution in [0.5, 0.6) is 0 Å². The van der Waals surface area contributed by atoms with Gasteiger partial charge in [0.15, 0.2) is 0 Å². The van der Waals surface area contributed by atoms with Gasteiger partial charge in [-0.3, -0.25) is 4.79 Å². The van der Waals surface area contributed by atoms with Crippen molar-refractivity contribution in [3.05, 3.63) is 19.4 Å². The maximum atomic E-state index is 11.5. The highest BCUT2D eigenvalue weighted by Crippen LogP contribution is 2.36. The molecule has 5 heteroatoms. The summed E-state index contributed by atoms with van der Waals surface area (Å²) in [4.78, 5) is 13.0. The first kappa shape index (κ1) is 15.3. The molecular weight excluding hydrogens is 371 g/mol. The molecule has 1 aliphatic rings. The van der Waals surface area contributed by atoms with Gasteiger partial charge in [0, 0.05) is 29.9 Å². The van der Waals surface area contributed by atoms with Gasteiger partial charge < -0.3 is 10.6 Å². The third-order valence-electron chi connectivity index (χ3n) is 3.42. The Bertz CT molecular complexity index is 445. The topological polar surface area (TPSA) is 41.1 Å². The number of carbonyl (C=O) groups excluding carboxylic acids is 1. The van der Waals surface area contributed by atoms with Crippen LogP contribution in [-0.2, 0) is 11.2 Å². The van der Waals surface area contributed by atoms with Crippen molar-refractivity contribution >= 4 is 39.8 Å². The molecule has 106 valence electrons. The highest BCUT2D eigenvalue weighted by Gasteiger charge is 2.21. The van der Waals surface area contributed by atoms with E-state index in [1.807, 2.05) is 25.2 Å². The lowest BCUT2D eigenvalue weighted by molar-refractivity contribution is -0.123. The van der Waals surface area contributed by atoms with Crippen molar-refractivity contribution in [3.63, 3.8) is 0 Å². The summed E-state index contributed by atoms with van der Waals surface area (Å²) in [6.07, 6.45) is 3.70. The minimum absolute atomic E-state index is 0.0692. The predicted molar refractivity (Wildman–Crippen MR) is 88.6 cm³/mol. The van der Waals surface area contributed by atoms with E-state index in [2.05, 4.69) is 39.3 Å². The van der Waals surface area contributed by atoms with Crippen molar-refractivity contribution in [2.75, 3.05) is 13.1 Å². The first-order valence-electron chi connectivity index (χ1n) is 6.87. The Morgan fingerprint density at radius 2 is 2.32 bits per heavy atom. The summed E-state index contributed by atoms with van der Waals surface area (Å²) in [7, 11) is 0. The van der Waals surface area contributed by atoms with Crippen LogP contribution < -0.4 is 10.6 Å². The number of thiophene rings is 1. The zero-order valence-corrected chi connectivity index (χ0v) is 14.4. The van der Waals surface area contributed by atoms with E-state index >= 15 is 0 Å². The minimum Gasteiger partial charge on any atom is -0.355 e. The first-order valence-corrected chi connectivity index (χ1v) is 8.76. The van der Waals surface area contributed by atoms with Gasteiger partial charge in [-0.1, -0.05) is 13.8 Å². The molecule has 2 rings (SSSR count). The lowest BCUT2D eigenvalue weighted by Gasteiger charge is -2.23. The zero-order valence-electron chi connectivity index (χ0n) is 11.5. The van der Waals surface area contributed by atoms with E-state index in [0.717, 1.165) is 6.54 Å². The highest BCUT2D eigenvalue weighted by molar-refractivity contribution is 14.1. The highest BCUT2D eigenvalue weighted by atomic mass is 127. The average Bonchev–Trinajstić information content (AvgIpc) is 2.75. The molecule has 1 amide bonds. The van der Waals surface area contributed by atoms with Crippen LogP contribution in [0.1, 0.15) is 43.2 Å². The summed E-state index contributed by atoms with van der Waals surface area (Å²) >= 11 is 4.32. The van der Waals surface area contributed by atoms with Gasteiger partial charge >= 0.3 is 0 Å². The molecule has 0 aliphatic heterocycles. The van der Waals surface area contributed by atoms with Crippen LogP contribution in [0.4, 0.5) is 0 Å². The number of halogens is 1. The first-order chi connectivity index (χ1) is 9.08. The number of hydrogen-bond acceptors (Lipinski definition) is 3. The van der Waals surface area contributed by atoms with Crippen LogP contribution in [0.2, 0.25) is 0 Å². The standard InChI is InChI=1S/C14H21IN2OS/c1-9(2)14(18)17-7-6-16-11-4-3-5-12-10(11)8-13(15)19-12/h8-9,11,16H,3-7H2,1-2H3,(H,17,18). The van der Waals surface area contributed by atoms with Gasteiger partial charge in [0.05, 0.1) is 2.88 Å². The van der Waals surface area contributed by atoms with Crippen LogP contribution in [0.25, 0.3) is 0 Å². The van der Waals surface area contributed by atoms with E-state index in [1.165, 1.54) is 27.7 Å². The number of amides is 1. The van der Waals surface area contributed by atoms with Crippen molar-refractivity contribution in [2.45, 2.75) is 39.2 Å². The van der Waals surface area contributed by atoms with Gasteiger partial charge in [-0.2, -0.15) is 0 Å². The SMILES string of the molecule is CC(C)C(=O)NCCNC1CCCc2sc(I)cc21. The number of hydrogen-bond donors (Lipinski definition) is 2. The zero-order chi connectivity index (χ0) is 13.8. The van der Waals surface area contributed by atoms with Crippen LogP contribution in [-0.4, -0.2) is 19.0 Å². The Kier molecular flexibility index (Phi) is 5.65. The van der Waals surface area contributed by atoms with Gasteiger partial charge in [0.1, 0.15) is 0 Å². The van der Waals surface area contributed by atoms with Gasteiger partial charge in [0.2, 0.25) is 5.91 Å². The van der Waals surface area contributed by atoms with E-state index < -0.39 is 0 Å². The van der Waals surface area contributed by atoms with E-state index in [-0.39, 0.29) is 11.8 Å². The van der Waals surface area contributed by atoms with Crippen LogP contribution >= 0.6 is 33.9 Å². The summed E-state index contributed by atoms with van der Waals surface area (Å²) in [5.41, 5.74) is 1.48. The lowest BCUT2D eigenvalue weighted by atomic mass is 9.94. The quantitative estimate of drug-likeness (QED) is 0.597. The maximum absolute atomic E-state index is 11.5. The Morgan fingerprint density at radius 1 is 1.53 bits per heavy atom. The van der Waals surface area contributed by atoms with Crippen molar-refractivity contribution in [1.82, 2.24) is 10.6 Å². The number of aryl methyl sites for hydroxylation is 1. The largest absolute Gasteiger partial charge is 0.355 e. The normalized spacial score (nSPS) is 18.4. The third-order valence-corrected chi connectivity index (χ3v) is 5.39. The Balaban J connectivity index is 1.80. The van der Waals surface area contributed by atoms with E-state index in [1.54, 1.807) is 4.88 Å². The van der Waals surface area contributed by atoms with Crippen molar-refractivity contribution in [3.8, 4) is 0 Å². The number of rotatable bonds is 5. The molecule has 0 aromatic carbocycles. The molecule has 0 radical (unpaired) electrons. The molecule has 2 N–H and O–H groups in total. The number of nitrogens with one attached hydrogen (secondary N) is 2. The number of carbonyl (C=O) groups is 1. The lowest BCUT2D eigenvalue weighted by Crippen LogP contribution is -2.36. The second kappa shape index (κ2) is 7.04. The Labute approximate surface area is 132 Å². The molecule has 1 aliphatic carbocycles. The molecule has 1 atom stereocenters. The van der Waals surface area contributed by atoms with Gasteiger partial charge in [-0.05, 0) is 53.5 Å². The van der Waals surface area contributed by atoms with E-state index in [0.29, 0.717) is 12.6 Å². The molecule has 3 nitrogen and oxygen atoms in total. The van der Waals surface area contributed by atoms with Crippen molar-refractivity contribution in [1.29, 1.82) is 0 Å². The average molecular weight is 392 g/mol. The van der Waals surface area contributed by atoms with Crippen molar-refractivity contribution in [2.24, 2.45) is 5.92 Å². The van der Waals surface area contributed by atoms with Crippen LogP contribution in [0.15, 0.2) is 6.07 Å². The fourth-order valence-corrected chi connectivity index (χ4v) is 4.49. The summed E-state index contributed by atoms with van der Waals surface area (Å²) in [6.45, 7) is 5.39. The van der Waals surface area contributed by atoms with Gasteiger partial charge in [0.25, 0.3) is 0 Å². The molecule has 1 heterocycles. The maximum Gasteiger partial charge on any atom is 0.222 e. The molecule has 1 aromatic rings. The summed E-state index contributed by atoms with van der Waals surface area (Å²) in [5, 5.41) is 6.52.